The van der Waals surface area contributed by atoms with Gasteiger partial charge in [0.1, 0.15) is 0 Å². The Morgan fingerprint density at radius 3 is 2.38 bits per heavy atom. The molecule has 2 heteroatoms. The van der Waals surface area contributed by atoms with E-state index in [1.54, 1.807) is 0 Å². The van der Waals surface area contributed by atoms with Gasteiger partial charge in [-0.05, 0) is 19.5 Å². The molecule has 0 amide bonds. The molecule has 0 aliphatic carbocycles. The van der Waals surface area contributed by atoms with E-state index < -0.39 is 0 Å². The zero-order chi connectivity index (χ0) is 5.54. The molecule has 0 heterocycles. The first-order valence-corrected chi connectivity index (χ1v) is 2.91. The predicted molar refractivity (Wildman–Crippen MR) is 33.1 cm³/mol. The molecule has 0 atom stereocenters. The first kappa shape index (κ1) is 11.3. The summed E-state index contributed by atoms with van der Waals surface area (Å²) >= 11 is 0. The van der Waals surface area contributed by atoms with Crippen LogP contribution in [-0.4, -0.2) is 13.1 Å². The van der Waals surface area contributed by atoms with Crippen LogP contribution in [0, 0.1) is 6.92 Å². The molecule has 0 unspecified atom stereocenters. The van der Waals surface area contributed by atoms with E-state index in [2.05, 4.69) is 19.2 Å². The summed E-state index contributed by atoms with van der Waals surface area (Å²) in [4.78, 5) is 0. The van der Waals surface area contributed by atoms with Crippen molar-refractivity contribution in [2.75, 3.05) is 13.1 Å². The Labute approximate surface area is 62.2 Å². The van der Waals surface area contributed by atoms with E-state index in [4.69, 9.17) is 0 Å². The average Bonchev–Trinajstić information content (AvgIpc) is 1.69. The Morgan fingerprint density at radius 1 is 1.38 bits per heavy atom. The van der Waals surface area contributed by atoms with Gasteiger partial charge in [-0.25, -0.2) is 0 Å². The number of rotatable bonds is 4. The molecule has 1 nitrogen and oxygen atoms in total. The molecule has 0 aliphatic heterocycles. The zero-order valence-electron chi connectivity index (χ0n) is 5.35. The van der Waals surface area contributed by atoms with E-state index in [0.717, 1.165) is 19.5 Å². The van der Waals surface area contributed by atoms with Gasteiger partial charge in [0, 0.05) is 16.5 Å². The van der Waals surface area contributed by atoms with E-state index in [-0.39, 0.29) is 16.5 Å². The van der Waals surface area contributed by atoms with Gasteiger partial charge in [-0.1, -0.05) is 6.92 Å². The summed E-state index contributed by atoms with van der Waals surface area (Å²) in [5.41, 5.74) is 0. The van der Waals surface area contributed by atoms with Crippen molar-refractivity contribution in [3.63, 3.8) is 0 Å². The molecule has 54 valence electrons. The Balaban J connectivity index is 0. The van der Waals surface area contributed by atoms with Crippen molar-refractivity contribution in [2.24, 2.45) is 0 Å². The van der Waals surface area contributed by atoms with Gasteiger partial charge < -0.3 is 12.2 Å². The minimum atomic E-state index is 0. The minimum absolute atomic E-state index is 0. The maximum absolute atomic E-state index is 3.69. The number of hydrogen-bond donors (Lipinski definition) is 1. The molecule has 8 heavy (non-hydrogen) atoms. The van der Waals surface area contributed by atoms with Gasteiger partial charge in [0.05, 0.1) is 0 Å². The van der Waals surface area contributed by atoms with Gasteiger partial charge in [0.2, 0.25) is 0 Å². The van der Waals surface area contributed by atoms with Crippen LogP contribution in [0.15, 0.2) is 0 Å². The Hall–Kier alpha value is 0.454. The molecule has 0 aromatic heterocycles. The Morgan fingerprint density at radius 2 is 2.00 bits per heavy atom. The first-order valence-electron chi connectivity index (χ1n) is 2.91. The third kappa shape index (κ3) is 9.68. The molecule has 1 N–H and O–H groups in total. The predicted octanol–water partition coefficient (Wildman–Crippen LogP) is 1.21. The Kier molecular flexibility index (Phi) is 14.7. The van der Waals surface area contributed by atoms with Crippen molar-refractivity contribution in [1.29, 1.82) is 0 Å². The van der Waals surface area contributed by atoms with Crippen molar-refractivity contribution >= 4 is 0 Å². The molecular formula is C6H14NNi-. The van der Waals surface area contributed by atoms with Crippen molar-refractivity contribution in [3.05, 3.63) is 6.92 Å². The fourth-order valence-electron chi connectivity index (χ4n) is 0.427. The van der Waals surface area contributed by atoms with Crippen LogP contribution in [0.2, 0.25) is 0 Å². The van der Waals surface area contributed by atoms with Crippen LogP contribution in [0.5, 0.6) is 0 Å². The maximum atomic E-state index is 3.69. The van der Waals surface area contributed by atoms with Gasteiger partial charge in [-0.3, -0.25) is 0 Å². The summed E-state index contributed by atoms with van der Waals surface area (Å²) in [7, 11) is 0. The number of hydrogen-bond acceptors (Lipinski definition) is 1. The summed E-state index contributed by atoms with van der Waals surface area (Å²) in [5, 5.41) is 3.22. The summed E-state index contributed by atoms with van der Waals surface area (Å²) in [5.74, 6) is 0. The largest absolute Gasteiger partial charge is 0.342 e. The summed E-state index contributed by atoms with van der Waals surface area (Å²) in [6, 6.07) is 0. The minimum Gasteiger partial charge on any atom is -0.342 e. The van der Waals surface area contributed by atoms with Crippen molar-refractivity contribution in [3.8, 4) is 0 Å². The third-order valence-corrected chi connectivity index (χ3v) is 0.780. The van der Waals surface area contributed by atoms with Crippen LogP contribution in [-0.2, 0) is 16.5 Å². The molecular weight excluding hydrogens is 145 g/mol. The second-order valence-corrected chi connectivity index (χ2v) is 1.60. The van der Waals surface area contributed by atoms with E-state index >= 15 is 0 Å². The Bertz CT molecular complexity index is 27.7. The van der Waals surface area contributed by atoms with Crippen LogP contribution >= 0.6 is 0 Å². The third-order valence-electron chi connectivity index (χ3n) is 0.780. The van der Waals surface area contributed by atoms with Gasteiger partial charge in [-0.15, -0.1) is 0 Å². The van der Waals surface area contributed by atoms with Gasteiger partial charge in [-0.2, -0.15) is 6.42 Å². The van der Waals surface area contributed by atoms with Crippen molar-refractivity contribution in [2.45, 2.75) is 19.8 Å². The molecule has 0 saturated carbocycles. The molecule has 0 radical (unpaired) electrons. The summed E-state index contributed by atoms with van der Waals surface area (Å²) < 4.78 is 0. The summed E-state index contributed by atoms with van der Waals surface area (Å²) in [6.07, 6.45) is 2.22. The SMILES string of the molecule is [CH2-]CCNCCC.[Ni]. The molecule has 0 saturated heterocycles. The second-order valence-electron chi connectivity index (χ2n) is 1.60. The standard InChI is InChI=1S/C6H14N.Ni/c1-3-5-7-6-4-2;/h7H,1,3-6H2,2H3;/q-1;. The van der Waals surface area contributed by atoms with E-state index in [9.17, 15) is 0 Å². The second kappa shape index (κ2) is 10.4. The van der Waals surface area contributed by atoms with Crippen LogP contribution in [0.3, 0.4) is 0 Å². The smallest absolute Gasteiger partial charge is 0 e. The van der Waals surface area contributed by atoms with Crippen LogP contribution in [0.4, 0.5) is 0 Å². The summed E-state index contributed by atoms with van der Waals surface area (Å²) in [6.45, 7) is 8.06. The molecule has 0 rings (SSSR count). The van der Waals surface area contributed by atoms with E-state index in [1.165, 1.54) is 6.42 Å². The monoisotopic (exact) mass is 158 g/mol. The van der Waals surface area contributed by atoms with E-state index in [0.29, 0.717) is 0 Å². The maximum Gasteiger partial charge on any atom is 0 e. The van der Waals surface area contributed by atoms with Crippen LogP contribution in [0.25, 0.3) is 0 Å². The fourth-order valence-corrected chi connectivity index (χ4v) is 0.427. The van der Waals surface area contributed by atoms with Gasteiger partial charge in [0.25, 0.3) is 0 Å². The first-order chi connectivity index (χ1) is 3.41. The van der Waals surface area contributed by atoms with Crippen LogP contribution in [0.1, 0.15) is 19.8 Å². The van der Waals surface area contributed by atoms with Crippen molar-refractivity contribution in [1.82, 2.24) is 5.32 Å². The quantitative estimate of drug-likeness (QED) is 0.369. The molecule has 0 aromatic carbocycles. The number of nitrogens with one attached hydrogen (secondary N) is 1. The zero-order valence-corrected chi connectivity index (χ0v) is 6.34. The average molecular weight is 159 g/mol. The van der Waals surface area contributed by atoms with Gasteiger partial charge >= 0.3 is 0 Å². The topological polar surface area (TPSA) is 12.0 Å². The molecule has 0 bridgehead atoms. The van der Waals surface area contributed by atoms with E-state index in [1.807, 2.05) is 0 Å². The normalized spacial score (nSPS) is 8.25. The fraction of sp³-hybridized carbons (Fsp3) is 0.833. The van der Waals surface area contributed by atoms with Gasteiger partial charge in [0.15, 0.2) is 0 Å². The molecule has 0 aromatic rings. The molecule has 0 spiro atoms. The van der Waals surface area contributed by atoms with Crippen molar-refractivity contribution < 1.29 is 16.5 Å². The van der Waals surface area contributed by atoms with Crippen LogP contribution < -0.4 is 5.32 Å². The molecule has 0 aliphatic rings. The molecule has 0 fully saturated rings.